The van der Waals surface area contributed by atoms with Crippen molar-refractivity contribution in [3.05, 3.63) is 35.7 Å². The van der Waals surface area contributed by atoms with E-state index in [0.29, 0.717) is 6.04 Å². The van der Waals surface area contributed by atoms with E-state index in [-0.39, 0.29) is 0 Å². The zero-order chi connectivity index (χ0) is 12.0. The monoisotopic (exact) mass is 220 g/mol. The van der Waals surface area contributed by atoms with Gasteiger partial charge in [0, 0.05) is 32.0 Å². The minimum Gasteiger partial charge on any atom is -0.357 e. The second-order valence-electron chi connectivity index (χ2n) is 4.83. The maximum atomic E-state index is 3.54. The summed E-state index contributed by atoms with van der Waals surface area (Å²) >= 11 is 0. The standard InChI is InChI=1S/C14H24N2/c1-12(2)6-5-7-13(3)15-10-14-8-9-16(4)11-14/h6,8-9,11,13,15H,5,7,10H2,1-4H3. The molecule has 0 aromatic carbocycles. The van der Waals surface area contributed by atoms with Crippen LogP contribution < -0.4 is 5.32 Å². The Balaban J connectivity index is 2.20. The highest BCUT2D eigenvalue weighted by Gasteiger charge is 2.00. The molecule has 90 valence electrons. The Bertz CT molecular complexity index is 332. The Kier molecular flexibility index (Phi) is 5.33. The van der Waals surface area contributed by atoms with Gasteiger partial charge in [0.2, 0.25) is 0 Å². The molecule has 0 spiro atoms. The molecular formula is C14H24N2. The Morgan fingerprint density at radius 3 is 2.81 bits per heavy atom. The summed E-state index contributed by atoms with van der Waals surface area (Å²) in [6.07, 6.45) is 8.94. The summed E-state index contributed by atoms with van der Waals surface area (Å²) in [5, 5.41) is 3.54. The van der Waals surface area contributed by atoms with Gasteiger partial charge in [-0.25, -0.2) is 0 Å². The normalized spacial score (nSPS) is 12.5. The molecule has 0 amide bonds. The van der Waals surface area contributed by atoms with Crippen LogP contribution in [0.2, 0.25) is 0 Å². The first-order valence-corrected chi connectivity index (χ1v) is 6.05. The number of rotatable bonds is 6. The van der Waals surface area contributed by atoms with Gasteiger partial charge in [0.25, 0.3) is 0 Å². The molecule has 1 atom stereocenters. The van der Waals surface area contributed by atoms with Gasteiger partial charge in [0.05, 0.1) is 0 Å². The summed E-state index contributed by atoms with van der Waals surface area (Å²) < 4.78 is 2.09. The van der Waals surface area contributed by atoms with E-state index in [4.69, 9.17) is 0 Å². The van der Waals surface area contributed by atoms with Crippen molar-refractivity contribution in [2.24, 2.45) is 7.05 Å². The lowest BCUT2D eigenvalue weighted by Crippen LogP contribution is -2.24. The average Bonchev–Trinajstić information content (AvgIpc) is 2.61. The average molecular weight is 220 g/mol. The van der Waals surface area contributed by atoms with E-state index in [1.165, 1.54) is 24.0 Å². The maximum Gasteiger partial charge on any atom is 0.0223 e. The van der Waals surface area contributed by atoms with Crippen LogP contribution in [0.5, 0.6) is 0 Å². The van der Waals surface area contributed by atoms with E-state index in [0.717, 1.165) is 6.54 Å². The zero-order valence-corrected chi connectivity index (χ0v) is 11.0. The highest BCUT2D eigenvalue weighted by atomic mass is 14.9. The van der Waals surface area contributed by atoms with E-state index in [1.807, 2.05) is 0 Å². The predicted octanol–water partition coefficient (Wildman–Crippen LogP) is 3.25. The summed E-state index contributed by atoms with van der Waals surface area (Å²) in [4.78, 5) is 0. The van der Waals surface area contributed by atoms with Gasteiger partial charge in [-0.1, -0.05) is 11.6 Å². The minimum atomic E-state index is 0.579. The molecule has 1 heterocycles. The second-order valence-corrected chi connectivity index (χ2v) is 4.83. The molecule has 1 aromatic rings. The minimum absolute atomic E-state index is 0.579. The number of hydrogen-bond acceptors (Lipinski definition) is 1. The smallest absolute Gasteiger partial charge is 0.0223 e. The van der Waals surface area contributed by atoms with Gasteiger partial charge in [0.15, 0.2) is 0 Å². The van der Waals surface area contributed by atoms with Crippen LogP contribution in [0, 0.1) is 0 Å². The highest BCUT2D eigenvalue weighted by Crippen LogP contribution is 2.04. The third-order valence-electron chi connectivity index (χ3n) is 2.70. The van der Waals surface area contributed by atoms with Gasteiger partial charge < -0.3 is 9.88 Å². The Hall–Kier alpha value is -1.02. The predicted molar refractivity (Wildman–Crippen MR) is 70.4 cm³/mol. The lowest BCUT2D eigenvalue weighted by Gasteiger charge is -2.11. The first-order valence-electron chi connectivity index (χ1n) is 6.05. The molecule has 0 saturated carbocycles. The molecule has 2 nitrogen and oxygen atoms in total. The number of allylic oxidation sites excluding steroid dienone is 2. The number of nitrogens with zero attached hydrogens (tertiary/aromatic N) is 1. The first kappa shape index (κ1) is 13.0. The van der Waals surface area contributed by atoms with E-state index < -0.39 is 0 Å². The summed E-state index contributed by atoms with van der Waals surface area (Å²) in [7, 11) is 2.06. The molecule has 1 unspecified atom stereocenters. The lowest BCUT2D eigenvalue weighted by molar-refractivity contribution is 0.517. The molecule has 0 aliphatic carbocycles. The van der Waals surface area contributed by atoms with E-state index in [9.17, 15) is 0 Å². The Morgan fingerprint density at radius 1 is 1.50 bits per heavy atom. The lowest BCUT2D eigenvalue weighted by atomic mass is 10.1. The van der Waals surface area contributed by atoms with Gasteiger partial charge >= 0.3 is 0 Å². The van der Waals surface area contributed by atoms with Crippen molar-refractivity contribution in [1.82, 2.24) is 9.88 Å². The summed E-state index contributed by atoms with van der Waals surface area (Å²) in [5.41, 5.74) is 2.77. The van der Waals surface area contributed by atoms with Crippen molar-refractivity contribution in [2.75, 3.05) is 0 Å². The largest absolute Gasteiger partial charge is 0.357 e. The number of aryl methyl sites for hydroxylation is 1. The van der Waals surface area contributed by atoms with Gasteiger partial charge in [-0.2, -0.15) is 0 Å². The van der Waals surface area contributed by atoms with Gasteiger partial charge in [-0.15, -0.1) is 0 Å². The molecule has 0 aliphatic heterocycles. The second kappa shape index (κ2) is 6.54. The van der Waals surface area contributed by atoms with Crippen molar-refractivity contribution < 1.29 is 0 Å². The molecule has 0 radical (unpaired) electrons. The van der Waals surface area contributed by atoms with Crippen molar-refractivity contribution in [3.63, 3.8) is 0 Å². The molecule has 0 bridgehead atoms. The maximum absolute atomic E-state index is 3.54. The van der Waals surface area contributed by atoms with Gasteiger partial charge in [0.1, 0.15) is 0 Å². The van der Waals surface area contributed by atoms with Crippen LogP contribution in [0.3, 0.4) is 0 Å². The molecule has 1 N–H and O–H groups in total. The molecule has 0 saturated heterocycles. The Morgan fingerprint density at radius 2 is 2.25 bits per heavy atom. The Labute approximate surface area is 99.4 Å². The molecule has 1 aromatic heterocycles. The van der Waals surface area contributed by atoms with Crippen molar-refractivity contribution in [1.29, 1.82) is 0 Å². The van der Waals surface area contributed by atoms with Crippen LogP contribution in [0.4, 0.5) is 0 Å². The van der Waals surface area contributed by atoms with Crippen LogP contribution in [0.15, 0.2) is 30.1 Å². The fourth-order valence-electron chi connectivity index (χ4n) is 1.68. The highest BCUT2D eigenvalue weighted by molar-refractivity contribution is 5.09. The van der Waals surface area contributed by atoms with Crippen LogP contribution in [0.1, 0.15) is 39.2 Å². The quantitative estimate of drug-likeness (QED) is 0.728. The van der Waals surface area contributed by atoms with Gasteiger partial charge in [-0.05, 0) is 45.2 Å². The third-order valence-corrected chi connectivity index (χ3v) is 2.70. The van der Waals surface area contributed by atoms with Crippen LogP contribution in [-0.2, 0) is 13.6 Å². The fraction of sp³-hybridized carbons (Fsp3) is 0.571. The molecule has 0 aliphatic rings. The number of aromatic nitrogens is 1. The summed E-state index contributed by atoms with van der Waals surface area (Å²) in [5.74, 6) is 0. The van der Waals surface area contributed by atoms with Crippen molar-refractivity contribution in [3.8, 4) is 0 Å². The molecule has 1 rings (SSSR count). The SMILES string of the molecule is CC(C)=CCCC(C)NCc1ccn(C)c1. The molecular weight excluding hydrogens is 196 g/mol. The molecule has 16 heavy (non-hydrogen) atoms. The number of nitrogens with one attached hydrogen (secondary N) is 1. The van der Waals surface area contributed by atoms with Crippen LogP contribution >= 0.6 is 0 Å². The molecule has 2 heteroatoms. The van der Waals surface area contributed by atoms with E-state index in [1.54, 1.807) is 0 Å². The molecule has 0 fully saturated rings. The first-order chi connectivity index (χ1) is 7.58. The topological polar surface area (TPSA) is 17.0 Å². The van der Waals surface area contributed by atoms with Crippen molar-refractivity contribution >= 4 is 0 Å². The van der Waals surface area contributed by atoms with Crippen LogP contribution in [-0.4, -0.2) is 10.6 Å². The van der Waals surface area contributed by atoms with E-state index in [2.05, 4.69) is 62.2 Å². The summed E-state index contributed by atoms with van der Waals surface area (Å²) in [6, 6.07) is 2.74. The number of hydrogen-bond donors (Lipinski definition) is 1. The van der Waals surface area contributed by atoms with Gasteiger partial charge in [-0.3, -0.25) is 0 Å². The zero-order valence-electron chi connectivity index (χ0n) is 11.0. The van der Waals surface area contributed by atoms with E-state index >= 15 is 0 Å². The third kappa shape index (κ3) is 5.17. The summed E-state index contributed by atoms with van der Waals surface area (Å²) in [6.45, 7) is 7.53. The van der Waals surface area contributed by atoms with Crippen molar-refractivity contribution in [2.45, 2.75) is 46.2 Å². The fourth-order valence-corrected chi connectivity index (χ4v) is 1.68. The van der Waals surface area contributed by atoms with Crippen LogP contribution in [0.25, 0.3) is 0 Å².